The first-order valence-electron chi connectivity index (χ1n) is 12.6. The summed E-state index contributed by atoms with van der Waals surface area (Å²) in [6.45, 7) is 1.95. The van der Waals surface area contributed by atoms with E-state index in [0.717, 1.165) is 38.2 Å². The zero-order valence-electron chi connectivity index (χ0n) is 21.4. The summed E-state index contributed by atoms with van der Waals surface area (Å²) in [6.07, 6.45) is 22.1. The van der Waals surface area contributed by atoms with E-state index in [0.29, 0.717) is 12.5 Å². The Hall–Kier alpha value is -1.15. The van der Waals surface area contributed by atoms with E-state index in [4.69, 9.17) is 9.84 Å². The van der Waals surface area contributed by atoms with Gasteiger partial charge in [-0.25, -0.2) is 4.79 Å². The van der Waals surface area contributed by atoms with Gasteiger partial charge < -0.3 is 25.1 Å². The van der Waals surface area contributed by atoms with Crippen LogP contribution in [0.1, 0.15) is 103 Å². The molecular weight excluding hydrogens is 445 g/mol. The number of carboxylic acids is 1. The molecule has 0 saturated carbocycles. The van der Waals surface area contributed by atoms with Crippen molar-refractivity contribution >= 4 is 17.8 Å². The summed E-state index contributed by atoms with van der Waals surface area (Å²) in [4.78, 5) is 33.7. The number of carbonyl (C=O) groups is 3. The van der Waals surface area contributed by atoms with E-state index in [1.54, 1.807) is 0 Å². The van der Waals surface area contributed by atoms with Crippen molar-refractivity contribution in [2.45, 2.75) is 109 Å². The molecule has 0 aromatic heterocycles. The number of hydrogen-bond donors (Lipinski definition) is 2. The second kappa shape index (κ2) is 26.5. The zero-order chi connectivity index (χ0) is 24.6. The topological polar surface area (TPSA) is 116 Å². The van der Waals surface area contributed by atoms with Crippen molar-refractivity contribution in [3.05, 3.63) is 24.3 Å². The number of allylic oxidation sites excluding steroid dienone is 2. The van der Waals surface area contributed by atoms with Crippen molar-refractivity contribution in [1.82, 2.24) is 5.32 Å². The Morgan fingerprint density at radius 3 is 2.00 bits per heavy atom. The Morgan fingerprint density at radius 1 is 0.882 bits per heavy atom. The normalized spacial score (nSPS) is 11.9. The van der Waals surface area contributed by atoms with Gasteiger partial charge in [-0.05, 0) is 44.6 Å². The molecule has 34 heavy (non-hydrogen) atoms. The van der Waals surface area contributed by atoms with Crippen LogP contribution in [0.25, 0.3) is 0 Å². The van der Waals surface area contributed by atoms with Gasteiger partial charge in [0.2, 0.25) is 5.91 Å². The fourth-order valence-corrected chi connectivity index (χ4v) is 3.38. The summed E-state index contributed by atoms with van der Waals surface area (Å²) in [5.74, 6) is -2.48. The van der Waals surface area contributed by atoms with Gasteiger partial charge in [0, 0.05) is 19.1 Å². The molecule has 0 fully saturated rings. The van der Waals surface area contributed by atoms with Gasteiger partial charge in [0.25, 0.3) is 0 Å². The number of ether oxygens (including phenoxy) is 1. The van der Waals surface area contributed by atoms with Gasteiger partial charge >= 0.3 is 35.5 Å². The molecule has 0 rings (SSSR count). The van der Waals surface area contributed by atoms with E-state index in [9.17, 15) is 19.5 Å². The first kappa shape index (κ1) is 35.0. The number of rotatable bonds is 22. The maximum Gasteiger partial charge on any atom is 1.00 e. The number of esters is 1. The summed E-state index contributed by atoms with van der Waals surface area (Å²) in [5, 5.41) is 22.1. The van der Waals surface area contributed by atoms with Crippen molar-refractivity contribution in [3.8, 4) is 0 Å². The Bertz CT molecular complexity index is 580. The SMILES string of the molecule is CCCCCCCCC=CCCCCCCCC(=O)NC(CCO)COC(=O)C=CC(=O)[O-].[Na+]. The summed E-state index contributed by atoms with van der Waals surface area (Å²) < 4.78 is 4.89. The van der Waals surface area contributed by atoms with Gasteiger partial charge in [-0.2, -0.15) is 0 Å². The molecular formula is C26H44NNaO6. The van der Waals surface area contributed by atoms with Crippen LogP contribution < -0.4 is 40.0 Å². The number of hydrogen-bond acceptors (Lipinski definition) is 6. The molecule has 2 N–H and O–H groups in total. The van der Waals surface area contributed by atoms with E-state index < -0.39 is 18.0 Å². The average Bonchev–Trinajstić information content (AvgIpc) is 2.78. The van der Waals surface area contributed by atoms with Crippen molar-refractivity contribution in [1.29, 1.82) is 0 Å². The monoisotopic (exact) mass is 489 g/mol. The number of aliphatic hydroxyl groups excluding tert-OH is 1. The number of carboxylic acid groups (broad SMARTS) is 1. The second-order valence-electron chi connectivity index (χ2n) is 8.39. The van der Waals surface area contributed by atoms with Crippen LogP contribution >= 0.6 is 0 Å². The molecule has 0 aromatic rings. The van der Waals surface area contributed by atoms with Crippen LogP contribution in [0, 0.1) is 0 Å². The van der Waals surface area contributed by atoms with E-state index in [2.05, 4.69) is 24.4 Å². The molecule has 1 atom stereocenters. The number of carbonyl (C=O) groups excluding carboxylic acids is 3. The summed E-state index contributed by atoms with van der Waals surface area (Å²) in [7, 11) is 0. The first-order chi connectivity index (χ1) is 16.0. The average molecular weight is 490 g/mol. The smallest absolute Gasteiger partial charge is 0.545 e. The quantitative estimate of drug-likeness (QED) is 0.0762. The van der Waals surface area contributed by atoms with Crippen molar-refractivity contribution < 1.29 is 58.9 Å². The predicted molar refractivity (Wildman–Crippen MR) is 128 cm³/mol. The zero-order valence-corrected chi connectivity index (χ0v) is 23.4. The molecule has 190 valence electrons. The van der Waals surface area contributed by atoms with Gasteiger partial charge in [0.05, 0.1) is 12.0 Å². The number of nitrogens with one attached hydrogen (secondary N) is 1. The molecule has 0 spiro atoms. The van der Waals surface area contributed by atoms with Crippen LogP contribution in [0.3, 0.4) is 0 Å². The molecule has 8 heteroatoms. The Kier molecular flexibility index (Phi) is 27.2. The fraction of sp³-hybridized carbons (Fsp3) is 0.731. The van der Waals surface area contributed by atoms with Gasteiger partial charge in [0.15, 0.2) is 0 Å². The first-order valence-corrected chi connectivity index (χ1v) is 12.6. The third-order valence-corrected chi connectivity index (χ3v) is 5.29. The molecule has 0 aliphatic rings. The number of aliphatic hydroxyl groups is 1. The van der Waals surface area contributed by atoms with Crippen LogP contribution in [-0.2, 0) is 19.1 Å². The van der Waals surface area contributed by atoms with Gasteiger partial charge in [-0.1, -0.05) is 70.4 Å². The molecule has 0 aliphatic heterocycles. The van der Waals surface area contributed by atoms with Gasteiger partial charge in [-0.3, -0.25) is 4.79 Å². The molecule has 0 heterocycles. The molecule has 0 radical (unpaired) electrons. The van der Waals surface area contributed by atoms with Crippen LogP contribution in [0.5, 0.6) is 0 Å². The van der Waals surface area contributed by atoms with Crippen LogP contribution in [0.15, 0.2) is 24.3 Å². The van der Waals surface area contributed by atoms with Crippen LogP contribution in [-0.4, -0.2) is 42.2 Å². The summed E-state index contributed by atoms with van der Waals surface area (Å²) >= 11 is 0. The van der Waals surface area contributed by atoms with Crippen LogP contribution in [0.4, 0.5) is 0 Å². The standard InChI is InChI=1S/C26H45NO6.Na/c1-2-3-4-5-6-7-8-9-10-11-12-13-14-15-16-17-24(29)27-23(20-21-28)22-33-26(32)19-18-25(30)31;/h9-10,18-19,23,28H,2-8,11-17,20-22H2,1H3,(H,27,29)(H,30,31);/q;+1/p-1. The Balaban J connectivity index is 0. The minimum absolute atomic E-state index is 0. The van der Waals surface area contributed by atoms with Gasteiger partial charge in [0.1, 0.15) is 6.61 Å². The third-order valence-electron chi connectivity index (χ3n) is 5.29. The van der Waals surface area contributed by atoms with E-state index in [-0.39, 0.29) is 55.1 Å². The van der Waals surface area contributed by atoms with E-state index >= 15 is 0 Å². The number of amides is 1. The van der Waals surface area contributed by atoms with Gasteiger partial charge in [-0.15, -0.1) is 0 Å². The predicted octanol–water partition coefficient (Wildman–Crippen LogP) is 0.744. The summed E-state index contributed by atoms with van der Waals surface area (Å²) in [5.41, 5.74) is 0. The summed E-state index contributed by atoms with van der Waals surface area (Å²) in [6, 6.07) is -0.508. The largest absolute Gasteiger partial charge is 1.00 e. The van der Waals surface area contributed by atoms with E-state index in [1.165, 1.54) is 51.4 Å². The van der Waals surface area contributed by atoms with Crippen molar-refractivity contribution in [2.24, 2.45) is 0 Å². The number of unbranched alkanes of at least 4 members (excludes halogenated alkanes) is 11. The molecule has 7 nitrogen and oxygen atoms in total. The Labute approximate surface area is 228 Å². The van der Waals surface area contributed by atoms with E-state index in [1.807, 2.05) is 0 Å². The maximum absolute atomic E-state index is 12.1. The third kappa shape index (κ3) is 25.5. The molecule has 0 saturated heterocycles. The molecule has 1 amide bonds. The molecule has 0 aromatic carbocycles. The fourth-order valence-electron chi connectivity index (χ4n) is 3.38. The minimum atomic E-state index is -1.49. The van der Waals surface area contributed by atoms with Crippen LogP contribution in [0.2, 0.25) is 0 Å². The van der Waals surface area contributed by atoms with Crippen molar-refractivity contribution in [2.75, 3.05) is 13.2 Å². The number of aliphatic carboxylic acids is 1. The second-order valence-corrected chi connectivity index (χ2v) is 8.39. The Morgan fingerprint density at radius 2 is 1.44 bits per heavy atom. The minimum Gasteiger partial charge on any atom is -0.545 e. The maximum atomic E-state index is 12.1. The van der Waals surface area contributed by atoms with Crippen molar-refractivity contribution in [3.63, 3.8) is 0 Å². The molecule has 0 aliphatic carbocycles. The molecule has 0 bridgehead atoms. The molecule has 1 unspecified atom stereocenters.